The molecular formula is C17H25NO4. The molecule has 2 rings (SSSR count). The Bertz CT molecular complexity index is 506. The fourth-order valence-electron chi connectivity index (χ4n) is 2.76. The van der Waals surface area contributed by atoms with Crippen LogP contribution in [0.25, 0.3) is 0 Å². The van der Waals surface area contributed by atoms with E-state index in [-0.39, 0.29) is 18.2 Å². The Kier molecular flexibility index (Phi) is 4.96. The van der Waals surface area contributed by atoms with E-state index in [1.807, 2.05) is 31.2 Å². The highest BCUT2D eigenvalue weighted by Crippen LogP contribution is 2.28. The molecule has 1 N–H and O–H groups in total. The lowest BCUT2D eigenvalue weighted by Crippen LogP contribution is -2.45. The van der Waals surface area contributed by atoms with E-state index < -0.39 is 5.60 Å². The van der Waals surface area contributed by atoms with Gasteiger partial charge in [-0.2, -0.15) is 0 Å². The van der Waals surface area contributed by atoms with Gasteiger partial charge in [-0.05, 0) is 38.5 Å². The van der Waals surface area contributed by atoms with E-state index >= 15 is 0 Å². The Morgan fingerprint density at radius 3 is 2.55 bits per heavy atom. The van der Waals surface area contributed by atoms with Crippen LogP contribution in [0.2, 0.25) is 0 Å². The second kappa shape index (κ2) is 6.57. The molecule has 0 spiro atoms. The van der Waals surface area contributed by atoms with Crippen molar-refractivity contribution in [1.82, 2.24) is 4.90 Å². The molecule has 5 nitrogen and oxygen atoms in total. The van der Waals surface area contributed by atoms with Crippen molar-refractivity contribution < 1.29 is 19.4 Å². The lowest BCUT2D eigenvalue weighted by molar-refractivity contribution is -0.0309. The third-order valence-electron chi connectivity index (χ3n) is 3.99. The number of aliphatic hydroxyl groups is 1. The van der Waals surface area contributed by atoms with Crippen molar-refractivity contribution in [1.29, 1.82) is 0 Å². The third kappa shape index (κ3) is 4.13. The smallest absolute Gasteiger partial charge is 0.410 e. The van der Waals surface area contributed by atoms with Crippen molar-refractivity contribution in [2.75, 3.05) is 13.7 Å². The van der Waals surface area contributed by atoms with Gasteiger partial charge in [-0.1, -0.05) is 12.1 Å². The highest BCUT2D eigenvalue weighted by molar-refractivity contribution is 5.69. The number of carbonyl (C=O) groups is 1. The van der Waals surface area contributed by atoms with Gasteiger partial charge in [0.05, 0.1) is 18.8 Å². The van der Waals surface area contributed by atoms with Crippen molar-refractivity contribution >= 4 is 6.09 Å². The number of carbonyl (C=O) groups excluding carboxylic acids is 1. The predicted octanol–water partition coefficient (Wildman–Crippen LogP) is 3.13. The lowest BCUT2D eigenvalue weighted by atomic mass is 9.97. The molecule has 1 aromatic rings. The zero-order valence-corrected chi connectivity index (χ0v) is 13.7. The molecule has 1 aliphatic heterocycles. The minimum Gasteiger partial charge on any atom is -0.497 e. The minimum absolute atomic E-state index is 0.0542. The Labute approximate surface area is 131 Å². The van der Waals surface area contributed by atoms with Crippen LogP contribution in [0.3, 0.4) is 0 Å². The summed E-state index contributed by atoms with van der Waals surface area (Å²) < 4.78 is 10.6. The third-order valence-corrected chi connectivity index (χ3v) is 3.99. The number of nitrogens with zero attached hydrogens (tertiary/aromatic N) is 1. The summed E-state index contributed by atoms with van der Waals surface area (Å²) >= 11 is 0. The molecule has 1 aliphatic rings. The van der Waals surface area contributed by atoms with E-state index in [4.69, 9.17) is 9.47 Å². The summed E-state index contributed by atoms with van der Waals surface area (Å²) in [6.07, 6.45) is 0.662. The normalized spacial score (nSPS) is 20.5. The second-order valence-corrected chi connectivity index (χ2v) is 6.45. The van der Waals surface area contributed by atoms with Crippen LogP contribution in [-0.4, -0.2) is 41.5 Å². The maximum Gasteiger partial charge on any atom is 0.410 e. The molecule has 1 heterocycles. The summed E-state index contributed by atoms with van der Waals surface area (Å²) in [6, 6.07) is 7.64. The zero-order valence-electron chi connectivity index (χ0n) is 13.7. The summed E-state index contributed by atoms with van der Waals surface area (Å²) in [5.74, 6) is 0.794. The van der Waals surface area contributed by atoms with E-state index in [0.717, 1.165) is 17.7 Å². The molecule has 1 saturated heterocycles. The summed E-state index contributed by atoms with van der Waals surface area (Å²) in [5.41, 5.74) is 0.216. The first-order valence-corrected chi connectivity index (χ1v) is 7.64. The molecule has 0 aromatic heterocycles. The number of amides is 1. The number of benzene rings is 1. The topological polar surface area (TPSA) is 59.0 Å². The molecule has 22 heavy (non-hydrogen) atoms. The van der Waals surface area contributed by atoms with E-state index in [0.29, 0.717) is 13.0 Å². The van der Waals surface area contributed by atoms with Crippen molar-refractivity contribution in [2.24, 2.45) is 0 Å². The number of ether oxygens (including phenoxy) is 2. The van der Waals surface area contributed by atoms with Crippen LogP contribution in [0, 0.1) is 0 Å². The standard InChI is InChI=1S/C17H25NO4/c1-12(13-5-7-14(21-4)8-6-13)18-10-9-15(22-16(18)19)11-17(2,3)20/h5-8,12,15,20H,9-11H2,1-4H3. The van der Waals surface area contributed by atoms with Crippen LogP contribution >= 0.6 is 0 Å². The molecule has 1 fully saturated rings. The van der Waals surface area contributed by atoms with Gasteiger partial charge in [-0.3, -0.25) is 0 Å². The van der Waals surface area contributed by atoms with Gasteiger partial charge < -0.3 is 19.5 Å². The predicted molar refractivity (Wildman–Crippen MR) is 83.9 cm³/mol. The van der Waals surface area contributed by atoms with Gasteiger partial charge >= 0.3 is 6.09 Å². The van der Waals surface area contributed by atoms with Crippen molar-refractivity contribution in [3.05, 3.63) is 29.8 Å². The van der Waals surface area contributed by atoms with Crippen LogP contribution in [0.15, 0.2) is 24.3 Å². The molecule has 5 heteroatoms. The number of methoxy groups -OCH3 is 1. The Morgan fingerprint density at radius 1 is 1.41 bits per heavy atom. The molecule has 0 bridgehead atoms. The van der Waals surface area contributed by atoms with E-state index in [9.17, 15) is 9.90 Å². The highest BCUT2D eigenvalue weighted by Gasteiger charge is 2.33. The Hall–Kier alpha value is -1.75. The number of hydrogen-bond acceptors (Lipinski definition) is 4. The highest BCUT2D eigenvalue weighted by atomic mass is 16.6. The molecule has 0 saturated carbocycles. The lowest BCUT2D eigenvalue weighted by Gasteiger charge is -2.37. The van der Waals surface area contributed by atoms with E-state index in [1.165, 1.54) is 0 Å². The largest absolute Gasteiger partial charge is 0.497 e. The van der Waals surface area contributed by atoms with Gasteiger partial charge in [-0.25, -0.2) is 4.79 Å². The average molecular weight is 307 g/mol. The molecule has 122 valence electrons. The minimum atomic E-state index is -0.825. The summed E-state index contributed by atoms with van der Waals surface area (Å²) in [6.45, 7) is 6.08. The molecule has 2 atom stereocenters. The monoisotopic (exact) mass is 307 g/mol. The zero-order chi connectivity index (χ0) is 16.3. The Balaban J connectivity index is 1.99. The van der Waals surface area contributed by atoms with Crippen LogP contribution < -0.4 is 4.74 Å². The van der Waals surface area contributed by atoms with Crippen LogP contribution in [-0.2, 0) is 4.74 Å². The first-order valence-electron chi connectivity index (χ1n) is 7.64. The van der Waals surface area contributed by atoms with Gasteiger partial charge in [0.1, 0.15) is 11.9 Å². The van der Waals surface area contributed by atoms with E-state index in [1.54, 1.807) is 25.9 Å². The molecule has 1 amide bonds. The molecule has 0 aliphatic carbocycles. The Morgan fingerprint density at radius 2 is 2.05 bits per heavy atom. The molecule has 2 unspecified atom stereocenters. The summed E-state index contributed by atoms with van der Waals surface area (Å²) in [5, 5.41) is 9.84. The summed E-state index contributed by atoms with van der Waals surface area (Å²) in [7, 11) is 1.63. The molecule has 1 aromatic carbocycles. The number of cyclic esters (lactones) is 1. The first kappa shape index (κ1) is 16.6. The second-order valence-electron chi connectivity index (χ2n) is 6.45. The maximum absolute atomic E-state index is 12.2. The molecular weight excluding hydrogens is 282 g/mol. The molecule has 0 radical (unpaired) electrons. The average Bonchev–Trinajstić information content (AvgIpc) is 2.45. The van der Waals surface area contributed by atoms with E-state index in [2.05, 4.69) is 0 Å². The van der Waals surface area contributed by atoms with Crippen molar-refractivity contribution in [3.8, 4) is 5.75 Å². The SMILES string of the molecule is COc1ccc(C(C)N2CCC(CC(C)(C)O)OC2=O)cc1. The number of hydrogen-bond donors (Lipinski definition) is 1. The van der Waals surface area contributed by atoms with Gasteiger partial charge in [0.25, 0.3) is 0 Å². The van der Waals surface area contributed by atoms with Gasteiger partial charge in [0.2, 0.25) is 0 Å². The maximum atomic E-state index is 12.2. The summed E-state index contributed by atoms with van der Waals surface area (Å²) in [4.78, 5) is 14.0. The number of rotatable bonds is 5. The van der Waals surface area contributed by atoms with Crippen molar-refractivity contribution in [2.45, 2.75) is 51.4 Å². The fourth-order valence-corrected chi connectivity index (χ4v) is 2.76. The van der Waals surface area contributed by atoms with Crippen LogP contribution in [0.5, 0.6) is 5.75 Å². The van der Waals surface area contributed by atoms with Gasteiger partial charge in [0, 0.05) is 19.4 Å². The first-order chi connectivity index (χ1) is 10.3. The van der Waals surface area contributed by atoms with Gasteiger partial charge in [0.15, 0.2) is 0 Å². The fraction of sp³-hybridized carbons (Fsp3) is 0.588. The van der Waals surface area contributed by atoms with Gasteiger partial charge in [-0.15, -0.1) is 0 Å². The van der Waals surface area contributed by atoms with Crippen LogP contribution in [0.4, 0.5) is 4.79 Å². The quantitative estimate of drug-likeness (QED) is 0.908. The van der Waals surface area contributed by atoms with Crippen LogP contribution in [0.1, 0.15) is 45.2 Å². The van der Waals surface area contributed by atoms with Crippen molar-refractivity contribution in [3.63, 3.8) is 0 Å².